The first-order valence-electron chi connectivity index (χ1n) is 2.99. The zero-order chi connectivity index (χ0) is 8.10. The van der Waals surface area contributed by atoms with Gasteiger partial charge in [0.25, 0.3) is 0 Å². The van der Waals surface area contributed by atoms with Crippen molar-refractivity contribution in [1.82, 2.24) is 9.97 Å². The van der Waals surface area contributed by atoms with Gasteiger partial charge in [0.1, 0.15) is 0 Å². The third-order valence-corrected chi connectivity index (χ3v) is 0.955. The van der Waals surface area contributed by atoms with Gasteiger partial charge in [0.05, 0.1) is 12.1 Å². The predicted molar refractivity (Wildman–Crippen MR) is 37.9 cm³/mol. The lowest BCUT2D eigenvalue weighted by Gasteiger charge is -1.86. The smallest absolute Gasteiger partial charge is 0.308 e. The van der Waals surface area contributed by atoms with Crippen LogP contribution in [0.4, 0.5) is 4.39 Å². The molecule has 0 spiro atoms. The molecule has 0 aromatic carbocycles. The molecule has 0 bridgehead atoms. The van der Waals surface area contributed by atoms with Crippen molar-refractivity contribution in [3.63, 3.8) is 0 Å². The van der Waals surface area contributed by atoms with Crippen molar-refractivity contribution in [3.05, 3.63) is 24.0 Å². The third-order valence-electron chi connectivity index (χ3n) is 0.955. The molecule has 2 N–H and O–H groups in total. The summed E-state index contributed by atoms with van der Waals surface area (Å²) in [6.07, 6.45) is 1.87. The van der Waals surface area contributed by atoms with Crippen LogP contribution in [0.3, 0.4) is 0 Å². The van der Waals surface area contributed by atoms with Crippen LogP contribution in [-0.4, -0.2) is 16.5 Å². The second-order valence-electron chi connectivity index (χ2n) is 1.75. The molecule has 0 radical (unpaired) electrons. The largest absolute Gasteiger partial charge is 0.320 e. The van der Waals surface area contributed by atoms with Gasteiger partial charge in [0.15, 0.2) is 0 Å². The van der Waals surface area contributed by atoms with Crippen molar-refractivity contribution in [2.75, 3.05) is 6.54 Å². The number of aromatic nitrogens is 2. The van der Waals surface area contributed by atoms with Crippen LogP contribution in [-0.2, 0) is 0 Å². The summed E-state index contributed by atoms with van der Waals surface area (Å²) >= 11 is 0. The Labute approximate surface area is 63.5 Å². The van der Waals surface area contributed by atoms with Gasteiger partial charge in [-0.1, -0.05) is 11.8 Å². The highest BCUT2D eigenvalue weighted by Gasteiger charge is 1.89. The van der Waals surface area contributed by atoms with E-state index in [0.29, 0.717) is 5.56 Å². The standard InChI is InChI=1S/C7H6FN3/c8-7-10-4-6(5-11-7)2-1-3-9/h4-5H,3,9H2. The molecule has 11 heavy (non-hydrogen) atoms. The summed E-state index contributed by atoms with van der Waals surface area (Å²) in [6.45, 7) is 0.275. The van der Waals surface area contributed by atoms with Crippen molar-refractivity contribution < 1.29 is 4.39 Å². The first-order chi connectivity index (χ1) is 5.33. The van der Waals surface area contributed by atoms with E-state index in [1.807, 2.05) is 0 Å². The molecule has 1 aromatic heterocycles. The molecular formula is C7H6FN3. The van der Waals surface area contributed by atoms with Crippen LogP contribution in [0.2, 0.25) is 0 Å². The molecule has 0 atom stereocenters. The molecular weight excluding hydrogens is 145 g/mol. The lowest BCUT2D eigenvalue weighted by Crippen LogP contribution is -1.94. The Morgan fingerprint density at radius 1 is 1.45 bits per heavy atom. The van der Waals surface area contributed by atoms with E-state index in [1.54, 1.807) is 0 Å². The lowest BCUT2D eigenvalue weighted by molar-refractivity contribution is 0.538. The summed E-state index contributed by atoms with van der Waals surface area (Å²) in [4.78, 5) is 6.62. The molecule has 0 unspecified atom stereocenters. The average Bonchev–Trinajstić information content (AvgIpc) is 2.04. The highest BCUT2D eigenvalue weighted by atomic mass is 19.1. The zero-order valence-electron chi connectivity index (χ0n) is 5.71. The van der Waals surface area contributed by atoms with Gasteiger partial charge < -0.3 is 5.73 Å². The van der Waals surface area contributed by atoms with Crippen LogP contribution in [0.15, 0.2) is 12.4 Å². The molecule has 0 saturated carbocycles. The van der Waals surface area contributed by atoms with E-state index in [2.05, 4.69) is 21.8 Å². The molecule has 0 amide bonds. The van der Waals surface area contributed by atoms with Crippen molar-refractivity contribution >= 4 is 0 Å². The summed E-state index contributed by atoms with van der Waals surface area (Å²) in [6, 6.07) is 0. The van der Waals surface area contributed by atoms with Crippen molar-refractivity contribution in [1.29, 1.82) is 0 Å². The molecule has 4 heteroatoms. The Morgan fingerprint density at radius 2 is 2.09 bits per heavy atom. The second kappa shape index (κ2) is 3.64. The van der Waals surface area contributed by atoms with Gasteiger partial charge in [-0.25, -0.2) is 9.97 Å². The second-order valence-corrected chi connectivity index (χ2v) is 1.75. The quantitative estimate of drug-likeness (QED) is 0.417. The molecule has 0 aliphatic rings. The minimum Gasteiger partial charge on any atom is -0.320 e. The fraction of sp³-hybridized carbons (Fsp3) is 0.143. The van der Waals surface area contributed by atoms with Gasteiger partial charge in [0, 0.05) is 12.4 Å². The molecule has 56 valence electrons. The van der Waals surface area contributed by atoms with Crippen molar-refractivity contribution in [3.8, 4) is 11.8 Å². The van der Waals surface area contributed by atoms with Crippen LogP contribution in [0.1, 0.15) is 5.56 Å². The first kappa shape index (κ1) is 7.63. The van der Waals surface area contributed by atoms with Crippen molar-refractivity contribution in [2.24, 2.45) is 5.73 Å². The number of hydrogen-bond acceptors (Lipinski definition) is 3. The highest BCUT2D eigenvalue weighted by molar-refractivity contribution is 5.29. The Kier molecular flexibility index (Phi) is 2.53. The summed E-state index contributed by atoms with van der Waals surface area (Å²) < 4.78 is 12.1. The number of hydrogen-bond donors (Lipinski definition) is 1. The predicted octanol–water partition coefficient (Wildman–Crippen LogP) is -0.0741. The maximum absolute atomic E-state index is 12.1. The van der Waals surface area contributed by atoms with Gasteiger partial charge in [-0.15, -0.1) is 0 Å². The minimum absolute atomic E-state index is 0.275. The van der Waals surface area contributed by atoms with Gasteiger partial charge >= 0.3 is 6.08 Å². The fourth-order valence-electron chi connectivity index (χ4n) is 0.530. The summed E-state index contributed by atoms with van der Waals surface area (Å²) in [5.74, 6) is 5.26. The molecule has 1 rings (SSSR count). The van der Waals surface area contributed by atoms with E-state index in [1.165, 1.54) is 12.4 Å². The van der Waals surface area contributed by atoms with Crippen LogP contribution in [0.25, 0.3) is 0 Å². The highest BCUT2D eigenvalue weighted by Crippen LogP contribution is 1.90. The lowest BCUT2D eigenvalue weighted by atomic mass is 10.3. The molecule has 0 saturated heterocycles. The number of rotatable bonds is 0. The van der Waals surface area contributed by atoms with Gasteiger partial charge in [0.2, 0.25) is 0 Å². The summed E-state index contributed by atoms with van der Waals surface area (Å²) in [7, 11) is 0. The topological polar surface area (TPSA) is 51.8 Å². The summed E-state index contributed by atoms with van der Waals surface area (Å²) in [5, 5.41) is 0. The van der Waals surface area contributed by atoms with E-state index in [4.69, 9.17) is 5.73 Å². The van der Waals surface area contributed by atoms with Crippen LogP contribution < -0.4 is 5.73 Å². The Hall–Kier alpha value is -1.47. The maximum atomic E-state index is 12.1. The van der Waals surface area contributed by atoms with E-state index in [0.717, 1.165) is 0 Å². The zero-order valence-corrected chi connectivity index (χ0v) is 5.71. The van der Waals surface area contributed by atoms with Crippen LogP contribution >= 0.6 is 0 Å². The normalized spacial score (nSPS) is 8.55. The van der Waals surface area contributed by atoms with E-state index in [-0.39, 0.29) is 6.54 Å². The fourth-order valence-corrected chi connectivity index (χ4v) is 0.530. The SMILES string of the molecule is NCC#Cc1cnc(F)nc1. The molecule has 1 aromatic rings. The van der Waals surface area contributed by atoms with Crippen LogP contribution in [0, 0.1) is 17.9 Å². The van der Waals surface area contributed by atoms with Gasteiger partial charge in [-0.3, -0.25) is 0 Å². The van der Waals surface area contributed by atoms with E-state index in [9.17, 15) is 4.39 Å². The monoisotopic (exact) mass is 151 g/mol. The minimum atomic E-state index is -0.747. The molecule has 3 nitrogen and oxygen atoms in total. The first-order valence-corrected chi connectivity index (χ1v) is 2.99. The average molecular weight is 151 g/mol. The Morgan fingerprint density at radius 3 is 2.64 bits per heavy atom. The van der Waals surface area contributed by atoms with E-state index >= 15 is 0 Å². The Bertz CT molecular complexity index is 283. The molecule has 0 fully saturated rings. The number of nitrogens with two attached hydrogens (primary N) is 1. The molecule has 0 aliphatic carbocycles. The van der Waals surface area contributed by atoms with Gasteiger partial charge in [-0.05, 0) is 0 Å². The third kappa shape index (κ3) is 2.32. The van der Waals surface area contributed by atoms with Gasteiger partial charge in [-0.2, -0.15) is 4.39 Å². The summed E-state index contributed by atoms with van der Waals surface area (Å²) in [5.41, 5.74) is 5.68. The molecule has 0 aliphatic heterocycles. The van der Waals surface area contributed by atoms with Crippen molar-refractivity contribution in [2.45, 2.75) is 0 Å². The number of nitrogens with zero attached hydrogens (tertiary/aromatic N) is 2. The maximum Gasteiger partial charge on any atom is 0.308 e. The molecule has 1 heterocycles. The van der Waals surface area contributed by atoms with Crippen LogP contribution in [0.5, 0.6) is 0 Å². The van der Waals surface area contributed by atoms with E-state index < -0.39 is 6.08 Å². The Balaban J connectivity index is 2.82. The number of halogens is 1.